The van der Waals surface area contributed by atoms with Crippen LogP contribution < -0.4 is 19.3 Å². The van der Waals surface area contributed by atoms with Gasteiger partial charge in [0.25, 0.3) is 0 Å². The second kappa shape index (κ2) is 13.9. The lowest BCUT2D eigenvalue weighted by atomic mass is 9.61. The second-order valence-electron chi connectivity index (χ2n) is 22.2. The number of rotatable bonds is 2. The first-order valence-corrected chi connectivity index (χ1v) is 23.5. The third-order valence-corrected chi connectivity index (χ3v) is 14.8. The molecular weight excluding hydrogens is 841 g/mol. The fourth-order valence-electron chi connectivity index (χ4n) is 11.0. The van der Waals surface area contributed by atoms with Crippen molar-refractivity contribution in [2.45, 2.75) is 104 Å². The summed E-state index contributed by atoms with van der Waals surface area (Å²) < 4.78 is 26.8. The Balaban J connectivity index is 1.23. The monoisotopic (exact) mass is 892 g/mol. The number of para-hydroxylation sites is 2. The van der Waals surface area contributed by atoms with Gasteiger partial charge in [-0.25, -0.2) is 4.85 Å². The summed E-state index contributed by atoms with van der Waals surface area (Å²) in [6, 6.07) is 39.9. The Bertz CT molecular complexity index is 3520. The first-order chi connectivity index (χ1) is 32.4. The number of fused-ring (bicyclic) bond motifs is 11. The number of furan rings is 2. The first kappa shape index (κ1) is 41.7. The SMILES string of the molecule is [C-]#[N+]c1c(C#N)c(N2c3ccc(C(C)(C)C)cc3Oc3cc4oc5ccccc5c4cc32)c2c(c1N1c3ccc(C(C)(C)C)cc3Oc3cc4oc5ccccc5c4cc31)C(C)(C)CCC2(C)C. The number of anilines is 6. The summed E-state index contributed by atoms with van der Waals surface area (Å²) in [5.41, 5.74) is 11.1. The van der Waals surface area contributed by atoms with Crippen molar-refractivity contribution in [3.63, 3.8) is 0 Å². The molecule has 0 fully saturated rings. The largest absolute Gasteiger partial charge is 0.456 e. The molecule has 8 nitrogen and oxygen atoms in total. The van der Waals surface area contributed by atoms with Crippen LogP contribution in [0.4, 0.5) is 39.8 Å². The van der Waals surface area contributed by atoms with Gasteiger partial charge in [0.1, 0.15) is 22.3 Å². The maximum absolute atomic E-state index is 11.9. The molecule has 0 bridgehead atoms. The highest BCUT2D eigenvalue weighted by Crippen LogP contribution is 2.65. The molecule has 68 heavy (non-hydrogen) atoms. The minimum absolute atomic E-state index is 0.165. The van der Waals surface area contributed by atoms with E-state index < -0.39 is 10.8 Å². The van der Waals surface area contributed by atoms with Crippen molar-refractivity contribution < 1.29 is 18.3 Å². The molecule has 0 atom stereocenters. The lowest BCUT2D eigenvalue weighted by Gasteiger charge is -2.49. The van der Waals surface area contributed by atoms with E-state index in [-0.39, 0.29) is 16.5 Å². The molecule has 0 saturated carbocycles. The van der Waals surface area contributed by atoms with E-state index in [2.05, 4.69) is 151 Å². The third kappa shape index (κ3) is 5.96. The quantitative estimate of drug-likeness (QED) is 0.160. The van der Waals surface area contributed by atoms with Gasteiger partial charge in [-0.3, -0.25) is 0 Å². The Kier molecular flexibility index (Phi) is 8.55. The molecule has 0 saturated heterocycles. The molecule has 9 aromatic rings. The molecule has 1 aliphatic carbocycles. The molecule has 7 aromatic carbocycles. The molecule has 0 radical (unpaired) electrons. The molecule has 2 aromatic heterocycles. The fourth-order valence-corrected chi connectivity index (χ4v) is 11.0. The maximum Gasteiger partial charge on any atom is 0.230 e. The molecule has 0 spiro atoms. The molecule has 0 amide bonds. The van der Waals surface area contributed by atoms with Crippen LogP contribution in [0.2, 0.25) is 0 Å². The van der Waals surface area contributed by atoms with Gasteiger partial charge < -0.3 is 28.1 Å². The Morgan fingerprint density at radius 3 is 1.40 bits per heavy atom. The van der Waals surface area contributed by atoms with E-state index >= 15 is 0 Å². The normalized spacial score (nSPS) is 15.8. The average Bonchev–Trinajstić information content (AvgIpc) is 3.85. The Hall–Kier alpha value is -7.68. The zero-order chi connectivity index (χ0) is 47.4. The summed E-state index contributed by atoms with van der Waals surface area (Å²) in [6.07, 6.45) is 1.71. The number of nitrogens with zero attached hydrogens (tertiary/aromatic N) is 4. The highest BCUT2D eigenvalue weighted by atomic mass is 16.5. The molecular formula is C60H52N4O4. The predicted octanol–water partition coefficient (Wildman–Crippen LogP) is 18.0. The molecule has 12 rings (SSSR count). The minimum atomic E-state index is -0.462. The third-order valence-electron chi connectivity index (χ3n) is 14.8. The second-order valence-corrected chi connectivity index (χ2v) is 22.2. The molecule has 3 aliphatic rings. The van der Waals surface area contributed by atoms with E-state index in [4.69, 9.17) is 18.3 Å². The Labute approximate surface area is 396 Å². The number of nitriles is 1. The van der Waals surface area contributed by atoms with Crippen LogP contribution in [-0.4, -0.2) is 0 Å². The molecule has 336 valence electrons. The number of ether oxygens (including phenoxy) is 2. The smallest absolute Gasteiger partial charge is 0.230 e. The summed E-state index contributed by atoms with van der Waals surface area (Å²) in [7, 11) is 0. The van der Waals surface area contributed by atoms with Gasteiger partial charge in [0.05, 0.1) is 52.3 Å². The van der Waals surface area contributed by atoms with Gasteiger partial charge in [-0.15, -0.1) is 0 Å². The lowest BCUT2D eigenvalue weighted by Crippen LogP contribution is -2.38. The summed E-state index contributed by atoms with van der Waals surface area (Å²) in [5, 5.41) is 15.8. The Morgan fingerprint density at radius 1 is 0.529 bits per heavy atom. The van der Waals surface area contributed by atoms with Crippen LogP contribution >= 0.6 is 0 Å². The van der Waals surface area contributed by atoms with Crippen molar-refractivity contribution in [3.05, 3.63) is 148 Å². The van der Waals surface area contributed by atoms with Gasteiger partial charge in [0, 0.05) is 33.7 Å². The highest BCUT2D eigenvalue weighted by Gasteiger charge is 2.48. The van der Waals surface area contributed by atoms with E-state index in [1.165, 1.54) is 0 Å². The van der Waals surface area contributed by atoms with Gasteiger partial charge in [-0.2, -0.15) is 5.26 Å². The maximum atomic E-state index is 11.9. The van der Waals surface area contributed by atoms with Crippen LogP contribution in [0.3, 0.4) is 0 Å². The van der Waals surface area contributed by atoms with Crippen molar-refractivity contribution in [1.82, 2.24) is 0 Å². The summed E-state index contributed by atoms with van der Waals surface area (Å²) in [6.45, 7) is 31.7. The van der Waals surface area contributed by atoms with E-state index in [9.17, 15) is 11.8 Å². The van der Waals surface area contributed by atoms with Crippen LogP contribution in [0.25, 0.3) is 48.7 Å². The van der Waals surface area contributed by atoms with Gasteiger partial charge in [-0.05, 0) is 105 Å². The van der Waals surface area contributed by atoms with Crippen LogP contribution in [0.1, 0.15) is 110 Å². The number of benzene rings is 7. The molecule has 0 N–H and O–H groups in total. The molecule has 2 aliphatic heterocycles. The van der Waals surface area contributed by atoms with Crippen LogP contribution in [-0.2, 0) is 21.7 Å². The van der Waals surface area contributed by atoms with Crippen LogP contribution in [0.5, 0.6) is 23.0 Å². The van der Waals surface area contributed by atoms with Gasteiger partial charge in [0.2, 0.25) is 5.69 Å². The van der Waals surface area contributed by atoms with E-state index in [0.29, 0.717) is 51.1 Å². The predicted molar refractivity (Wildman–Crippen MR) is 274 cm³/mol. The summed E-state index contributed by atoms with van der Waals surface area (Å²) in [5.74, 6) is 2.55. The molecule has 0 unspecified atom stereocenters. The summed E-state index contributed by atoms with van der Waals surface area (Å²) in [4.78, 5) is 8.94. The van der Waals surface area contributed by atoms with Crippen molar-refractivity contribution >= 4 is 83.7 Å². The Morgan fingerprint density at radius 2 is 0.956 bits per heavy atom. The number of hydrogen-bond donors (Lipinski definition) is 0. The first-order valence-electron chi connectivity index (χ1n) is 23.5. The van der Waals surface area contributed by atoms with Gasteiger partial charge in [0.15, 0.2) is 23.0 Å². The van der Waals surface area contributed by atoms with Crippen molar-refractivity contribution in [2.75, 3.05) is 9.80 Å². The van der Waals surface area contributed by atoms with Gasteiger partial charge >= 0.3 is 0 Å². The lowest BCUT2D eigenvalue weighted by molar-refractivity contribution is 0.333. The van der Waals surface area contributed by atoms with Crippen molar-refractivity contribution in [3.8, 4) is 29.1 Å². The van der Waals surface area contributed by atoms with Crippen LogP contribution in [0.15, 0.2) is 118 Å². The fraction of sp³-hybridized carbons (Fsp3) is 0.267. The molecule has 4 heterocycles. The molecule has 8 heteroatoms. The van der Waals surface area contributed by atoms with Crippen LogP contribution in [0, 0.1) is 17.9 Å². The average molecular weight is 893 g/mol. The van der Waals surface area contributed by atoms with E-state index in [1.54, 1.807) is 0 Å². The standard InChI is InChI=1S/C60H52N4O4/c1-57(2,3)33-20-22-40-48(26-33)67-50-30-46-37(35-16-12-14-18-44(35)65-46)28-42(50)63(40)55-39(32-61)54(62-11)56(53-52(55)59(7,8)24-25-60(53,9)10)64-41-23-21-34(58(4,5)6)27-49(41)68-51-31-47-38(29-43(51)64)36-17-13-15-19-45(36)66-47/h12-23,26-31H,24-25H2,1-10H3. The zero-order valence-electron chi connectivity index (χ0n) is 40.2. The van der Waals surface area contributed by atoms with Gasteiger partial charge in [-0.1, -0.05) is 118 Å². The highest BCUT2D eigenvalue weighted by molar-refractivity contribution is 6.11. The topological polar surface area (TPSA) is 79.4 Å². The number of hydrogen-bond acceptors (Lipinski definition) is 7. The minimum Gasteiger partial charge on any atom is -0.456 e. The van der Waals surface area contributed by atoms with E-state index in [1.807, 2.05) is 48.5 Å². The zero-order valence-corrected chi connectivity index (χ0v) is 40.2. The van der Waals surface area contributed by atoms with Crippen molar-refractivity contribution in [2.24, 2.45) is 0 Å². The van der Waals surface area contributed by atoms with E-state index in [0.717, 1.165) is 90.6 Å². The van der Waals surface area contributed by atoms with Crippen molar-refractivity contribution in [1.29, 1.82) is 5.26 Å². The summed E-state index contributed by atoms with van der Waals surface area (Å²) >= 11 is 0.